The summed E-state index contributed by atoms with van der Waals surface area (Å²) >= 11 is 5.50. The van der Waals surface area contributed by atoms with Crippen LogP contribution in [-0.2, 0) is 0 Å². The van der Waals surface area contributed by atoms with Gasteiger partial charge in [0.1, 0.15) is 17.1 Å². The molecule has 41 heavy (non-hydrogen) atoms. The Morgan fingerprint density at radius 3 is 1.90 bits per heavy atom. The highest BCUT2D eigenvalue weighted by Crippen LogP contribution is 2.29. The van der Waals surface area contributed by atoms with Crippen LogP contribution >= 0.6 is 12.2 Å². The zero-order valence-electron chi connectivity index (χ0n) is 23.3. The van der Waals surface area contributed by atoms with Crippen LogP contribution < -0.4 is 10.1 Å². The maximum absolute atomic E-state index is 13.1. The molecule has 3 heterocycles. The summed E-state index contributed by atoms with van der Waals surface area (Å²) < 4.78 is 5.89. The molecule has 0 radical (unpaired) electrons. The Bertz CT molecular complexity index is 1670. The third-order valence-electron chi connectivity index (χ3n) is 6.38. The molecule has 5 aromatic rings. The Balaban J connectivity index is 1.37. The second-order valence-corrected chi connectivity index (χ2v) is 10.3. The van der Waals surface area contributed by atoms with Gasteiger partial charge in [-0.2, -0.15) is 0 Å². The van der Waals surface area contributed by atoms with Crippen molar-refractivity contribution in [3.05, 3.63) is 96.8 Å². The van der Waals surface area contributed by atoms with Crippen LogP contribution in [0.2, 0.25) is 0 Å². The van der Waals surface area contributed by atoms with E-state index >= 15 is 0 Å². The molecule has 0 aliphatic rings. The predicted octanol–water partition coefficient (Wildman–Crippen LogP) is 6.79. The number of benzene rings is 2. The van der Waals surface area contributed by atoms with E-state index in [0.717, 1.165) is 0 Å². The molecule has 0 saturated heterocycles. The zero-order valence-corrected chi connectivity index (χ0v) is 24.1. The molecule has 0 spiro atoms. The number of pyridine rings is 2. The topological polar surface area (TPSA) is 93.1 Å². The lowest BCUT2D eigenvalue weighted by Gasteiger charge is -2.32. The van der Waals surface area contributed by atoms with E-state index in [1.807, 2.05) is 47.4 Å². The molecule has 0 saturated carbocycles. The highest BCUT2D eigenvalue weighted by Gasteiger charge is 2.19. The van der Waals surface area contributed by atoms with E-state index in [9.17, 15) is 4.79 Å². The summed E-state index contributed by atoms with van der Waals surface area (Å²) in [4.78, 5) is 33.8. The summed E-state index contributed by atoms with van der Waals surface area (Å²) in [5.74, 6) is 0.317. The van der Waals surface area contributed by atoms with Gasteiger partial charge in [0.2, 0.25) is 0 Å². The maximum atomic E-state index is 13.1. The zero-order chi connectivity index (χ0) is 28.9. The van der Waals surface area contributed by atoms with Gasteiger partial charge in [-0.15, -0.1) is 0 Å². The van der Waals surface area contributed by atoms with Crippen LogP contribution in [0.15, 0.2) is 91.3 Å². The van der Waals surface area contributed by atoms with Gasteiger partial charge in [0, 0.05) is 35.7 Å². The summed E-state index contributed by atoms with van der Waals surface area (Å²) in [6, 6.07) is 24.1. The number of ether oxygens (including phenoxy) is 1. The van der Waals surface area contributed by atoms with Crippen LogP contribution in [0.1, 0.15) is 38.1 Å². The minimum atomic E-state index is -0.257. The molecule has 2 aromatic carbocycles. The van der Waals surface area contributed by atoms with Crippen LogP contribution in [0, 0.1) is 0 Å². The van der Waals surface area contributed by atoms with Crippen molar-refractivity contribution in [3.8, 4) is 28.5 Å². The van der Waals surface area contributed by atoms with Crippen LogP contribution in [0.3, 0.4) is 0 Å². The third kappa shape index (κ3) is 6.36. The minimum Gasteiger partial charge on any atom is -0.432 e. The number of fused-ring (bicyclic) bond motifs is 1. The first-order chi connectivity index (χ1) is 19.8. The largest absolute Gasteiger partial charge is 0.432 e. The van der Waals surface area contributed by atoms with Crippen molar-refractivity contribution in [2.24, 2.45) is 0 Å². The highest BCUT2D eigenvalue weighted by molar-refractivity contribution is 7.80. The highest BCUT2D eigenvalue weighted by atomic mass is 32.1. The van der Waals surface area contributed by atoms with Gasteiger partial charge in [-0.3, -0.25) is 14.8 Å². The molecule has 0 atom stereocenters. The average Bonchev–Trinajstić information content (AvgIpc) is 2.97. The summed E-state index contributed by atoms with van der Waals surface area (Å²) in [6.45, 7) is 8.28. The average molecular weight is 563 g/mol. The Morgan fingerprint density at radius 1 is 0.780 bits per heavy atom. The first-order valence-electron chi connectivity index (χ1n) is 13.4. The van der Waals surface area contributed by atoms with Gasteiger partial charge < -0.3 is 15.0 Å². The van der Waals surface area contributed by atoms with E-state index in [2.05, 4.69) is 43.0 Å². The first-order valence-corrected chi connectivity index (χ1v) is 13.8. The van der Waals surface area contributed by atoms with Gasteiger partial charge in [0.25, 0.3) is 11.1 Å². The fourth-order valence-electron chi connectivity index (χ4n) is 4.54. The molecule has 8 nitrogen and oxygen atoms in total. The summed E-state index contributed by atoms with van der Waals surface area (Å²) in [6.07, 6.45) is 3.44. The Labute approximate surface area is 244 Å². The minimum absolute atomic E-state index is 0.209. The van der Waals surface area contributed by atoms with E-state index < -0.39 is 0 Å². The lowest BCUT2D eigenvalue weighted by molar-refractivity contribution is 0.102. The number of hydrogen-bond acceptors (Lipinski definition) is 7. The quantitative estimate of drug-likeness (QED) is 0.217. The second-order valence-electron chi connectivity index (χ2n) is 10.00. The molecule has 9 heteroatoms. The van der Waals surface area contributed by atoms with Crippen molar-refractivity contribution in [2.75, 3.05) is 5.32 Å². The van der Waals surface area contributed by atoms with Crippen LogP contribution in [-0.4, -0.2) is 48.0 Å². The Morgan fingerprint density at radius 2 is 1.37 bits per heavy atom. The van der Waals surface area contributed by atoms with E-state index in [1.54, 1.807) is 48.8 Å². The predicted molar refractivity (Wildman–Crippen MR) is 166 cm³/mol. The van der Waals surface area contributed by atoms with Crippen molar-refractivity contribution in [2.45, 2.75) is 39.8 Å². The summed E-state index contributed by atoms with van der Waals surface area (Å²) in [7, 11) is 0. The number of carbonyl (C=O) groups excluding carboxylic acids is 1. The van der Waals surface area contributed by atoms with Gasteiger partial charge in [-0.25, -0.2) is 9.97 Å². The first kappa shape index (κ1) is 27.8. The van der Waals surface area contributed by atoms with E-state index in [0.29, 0.717) is 56.0 Å². The van der Waals surface area contributed by atoms with Crippen molar-refractivity contribution >= 4 is 40.0 Å². The number of nitrogens with one attached hydrogen (secondary N) is 1. The van der Waals surface area contributed by atoms with E-state index in [1.165, 1.54) is 0 Å². The van der Waals surface area contributed by atoms with E-state index in [4.69, 9.17) is 26.9 Å². The molecule has 0 fully saturated rings. The monoisotopic (exact) mass is 562 g/mol. The number of amides is 1. The normalized spacial score (nSPS) is 11.1. The van der Waals surface area contributed by atoms with Gasteiger partial charge in [-0.05, 0) is 107 Å². The molecule has 0 aliphatic heterocycles. The lowest BCUT2D eigenvalue weighted by Crippen LogP contribution is -2.43. The molecule has 1 amide bonds. The molecular formula is C32H30N6O2S. The van der Waals surface area contributed by atoms with E-state index in [-0.39, 0.29) is 18.0 Å². The molecule has 0 unspecified atom stereocenters. The van der Waals surface area contributed by atoms with Crippen molar-refractivity contribution in [1.82, 2.24) is 24.8 Å². The fourth-order valence-corrected chi connectivity index (χ4v) is 5.06. The third-order valence-corrected chi connectivity index (χ3v) is 6.68. The van der Waals surface area contributed by atoms with Gasteiger partial charge in [-0.1, -0.05) is 12.1 Å². The molecule has 206 valence electrons. The standard InChI is InChI=1S/C32H30N6O2S/c1-20(2)38(21(3)4)32(41)40-24-14-11-22(12-15-24)31(39)35-23-13-16-25-28(19-23)37-30(27-10-6-8-18-34-27)29(36-25)26-9-5-7-17-33-26/h5-21H,1-4H3,(H,35,39). The lowest BCUT2D eigenvalue weighted by atomic mass is 10.1. The number of thiocarbonyl (C=S) groups is 1. The smallest absolute Gasteiger partial charge is 0.265 e. The SMILES string of the molecule is CC(C)N(C(=S)Oc1ccc(C(=O)Nc2ccc3nc(-c4ccccn4)c(-c4ccccn4)nc3c2)cc1)C(C)C. The molecule has 5 rings (SSSR count). The summed E-state index contributed by atoms with van der Waals surface area (Å²) in [5, 5.41) is 3.36. The van der Waals surface area contributed by atoms with Gasteiger partial charge in [0.05, 0.1) is 22.4 Å². The molecule has 0 bridgehead atoms. The fraction of sp³-hybridized carbons (Fsp3) is 0.188. The van der Waals surface area contributed by atoms with Crippen LogP contribution in [0.25, 0.3) is 33.8 Å². The molecule has 3 aromatic heterocycles. The number of aromatic nitrogens is 4. The van der Waals surface area contributed by atoms with Crippen LogP contribution in [0.4, 0.5) is 5.69 Å². The van der Waals surface area contributed by atoms with Crippen molar-refractivity contribution < 1.29 is 9.53 Å². The molecular weight excluding hydrogens is 532 g/mol. The Hall–Kier alpha value is -4.76. The summed E-state index contributed by atoms with van der Waals surface area (Å²) in [5.41, 5.74) is 5.03. The molecule has 1 N–H and O–H groups in total. The number of nitrogens with zero attached hydrogens (tertiary/aromatic N) is 5. The number of anilines is 1. The number of rotatable bonds is 7. The number of hydrogen-bond donors (Lipinski definition) is 1. The van der Waals surface area contributed by atoms with Crippen molar-refractivity contribution in [1.29, 1.82) is 0 Å². The van der Waals surface area contributed by atoms with Gasteiger partial charge >= 0.3 is 0 Å². The van der Waals surface area contributed by atoms with Crippen LogP contribution in [0.5, 0.6) is 5.75 Å². The van der Waals surface area contributed by atoms with Gasteiger partial charge in [0.15, 0.2) is 0 Å². The number of carbonyl (C=O) groups is 1. The Kier molecular flexibility index (Phi) is 8.26. The van der Waals surface area contributed by atoms with Crippen molar-refractivity contribution in [3.63, 3.8) is 0 Å². The second kappa shape index (κ2) is 12.2. The molecule has 0 aliphatic carbocycles. The maximum Gasteiger partial charge on any atom is 0.265 e.